The van der Waals surface area contributed by atoms with Crippen molar-refractivity contribution < 1.29 is 4.74 Å². The summed E-state index contributed by atoms with van der Waals surface area (Å²) in [6.07, 6.45) is 7.81. The van der Waals surface area contributed by atoms with Crippen LogP contribution in [0.25, 0.3) is 12.2 Å². The molecule has 1 aliphatic rings. The van der Waals surface area contributed by atoms with Crippen LogP contribution in [0, 0.1) is 0 Å². The molecule has 2 aromatic rings. The van der Waals surface area contributed by atoms with E-state index in [9.17, 15) is 0 Å². The predicted molar refractivity (Wildman–Crippen MR) is 80.4 cm³/mol. The van der Waals surface area contributed by atoms with Crippen molar-refractivity contribution in [2.24, 2.45) is 0 Å². The third-order valence-corrected chi connectivity index (χ3v) is 3.22. The Morgan fingerprint density at radius 1 is 0.900 bits per heavy atom. The molecule has 4 nitrogen and oxygen atoms in total. The zero-order valence-corrected chi connectivity index (χ0v) is 11.3. The van der Waals surface area contributed by atoms with Crippen LogP contribution in [0.15, 0.2) is 42.7 Å². The first kappa shape index (κ1) is 12.8. The molecule has 0 spiro atoms. The Labute approximate surface area is 118 Å². The fourth-order valence-electron chi connectivity index (χ4n) is 2.10. The van der Waals surface area contributed by atoms with Gasteiger partial charge in [-0.3, -0.25) is 0 Å². The van der Waals surface area contributed by atoms with Gasteiger partial charge in [0.05, 0.1) is 13.2 Å². The maximum absolute atomic E-state index is 5.32. The fraction of sp³-hybridized carbons (Fsp3) is 0.250. The predicted octanol–water partition coefficient (Wildman–Crippen LogP) is 2.48. The zero-order valence-electron chi connectivity index (χ0n) is 11.3. The first-order chi connectivity index (χ1) is 9.92. The standard InChI is InChI=1S/C16H17N3O/c1-2-4-14(5-3-1)6-7-15-12-17-16(18-13-15)19-8-10-20-11-9-19/h1-7,12-13H,8-11H2. The molecule has 1 aromatic carbocycles. The minimum absolute atomic E-state index is 0.749. The summed E-state index contributed by atoms with van der Waals surface area (Å²) >= 11 is 0. The van der Waals surface area contributed by atoms with Gasteiger partial charge in [0.15, 0.2) is 0 Å². The number of aromatic nitrogens is 2. The van der Waals surface area contributed by atoms with E-state index in [4.69, 9.17) is 4.74 Å². The first-order valence-corrected chi connectivity index (χ1v) is 6.80. The lowest BCUT2D eigenvalue weighted by Crippen LogP contribution is -2.37. The van der Waals surface area contributed by atoms with E-state index < -0.39 is 0 Å². The summed E-state index contributed by atoms with van der Waals surface area (Å²) in [4.78, 5) is 11.0. The van der Waals surface area contributed by atoms with Gasteiger partial charge in [-0.2, -0.15) is 0 Å². The van der Waals surface area contributed by atoms with Crippen LogP contribution in [0.4, 0.5) is 5.95 Å². The Hall–Kier alpha value is -2.20. The van der Waals surface area contributed by atoms with Crippen LogP contribution < -0.4 is 4.90 Å². The minimum Gasteiger partial charge on any atom is -0.378 e. The van der Waals surface area contributed by atoms with Crippen molar-refractivity contribution in [3.05, 3.63) is 53.9 Å². The first-order valence-electron chi connectivity index (χ1n) is 6.80. The molecule has 0 atom stereocenters. The van der Waals surface area contributed by atoms with Crippen LogP contribution in [-0.2, 0) is 4.74 Å². The molecule has 1 aromatic heterocycles. The monoisotopic (exact) mass is 267 g/mol. The average Bonchev–Trinajstić information content (AvgIpc) is 2.55. The molecule has 0 saturated carbocycles. The van der Waals surface area contributed by atoms with E-state index in [0.717, 1.165) is 37.8 Å². The number of benzene rings is 1. The minimum atomic E-state index is 0.749. The van der Waals surface area contributed by atoms with Gasteiger partial charge in [-0.15, -0.1) is 0 Å². The highest BCUT2D eigenvalue weighted by Gasteiger charge is 2.12. The number of rotatable bonds is 3. The van der Waals surface area contributed by atoms with E-state index in [-0.39, 0.29) is 0 Å². The van der Waals surface area contributed by atoms with Crippen molar-refractivity contribution in [1.29, 1.82) is 0 Å². The molecule has 0 aliphatic carbocycles. The Kier molecular flexibility index (Phi) is 4.04. The second-order valence-electron chi connectivity index (χ2n) is 4.66. The van der Waals surface area contributed by atoms with Crippen LogP contribution in [-0.4, -0.2) is 36.3 Å². The van der Waals surface area contributed by atoms with Crippen molar-refractivity contribution in [2.75, 3.05) is 31.2 Å². The maximum atomic E-state index is 5.32. The molecular formula is C16H17N3O. The summed E-state index contributed by atoms with van der Waals surface area (Å²) in [7, 11) is 0. The molecule has 1 aliphatic heterocycles. The van der Waals surface area contributed by atoms with Crippen molar-refractivity contribution in [3.8, 4) is 0 Å². The van der Waals surface area contributed by atoms with E-state index in [1.54, 1.807) is 0 Å². The Morgan fingerprint density at radius 3 is 2.25 bits per heavy atom. The number of morpholine rings is 1. The lowest BCUT2D eigenvalue weighted by Gasteiger charge is -2.26. The largest absolute Gasteiger partial charge is 0.378 e. The molecular weight excluding hydrogens is 250 g/mol. The number of nitrogens with zero attached hydrogens (tertiary/aromatic N) is 3. The second kappa shape index (κ2) is 6.30. The number of hydrogen-bond acceptors (Lipinski definition) is 4. The zero-order chi connectivity index (χ0) is 13.6. The molecule has 2 heterocycles. The van der Waals surface area contributed by atoms with Gasteiger partial charge in [0, 0.05) is 31.0 Å². The molecule has 0 N–H and O–H groups in total. The molecule has 0 radical (unpaired) electrons. The normalized spacial score (nSPS) is 15.7. The summed E-state index contributed by atoms with van der Waals surface area (Å²) in [5.74, 6) is 0.783. The smallest absolute Gasteiger partial charge is 0.225 e. The van der Waals surface area contributed by atoms with Crippen molar-refractivity contribution in [1.82, 2.24) is 9.97 Å². The van der Waals surface area contributed by atoms with Gasteiger partial charge in [0.1, 0.15) is 0 Å². The van der Waals surface area contributed by atoms with Gasteiger partial charge in [-0.05, 0) is 5.56 Å². The molecule has 3 rings (SSSR count). The fourth-order valence-corrected chi connectivity index (χ4v) is 2.10. The maximum Gasteiger partial charge on any atom is 0.225 e. The van der Waals surface area contributed by atoms with E-state index in [1.165, 1.54) is 5.56 Å². The van der Waals surface area contributed by atoms with Crippen LogP contribution in [0.5, 0.6) is 0 Å². The quantitative estimate of drug-likeness (QED) is 0.856. The van der Waals surface area contributed by atoms with E-state index >= 15 is 0 Å². The summed E-state index contributed by atoms with van der Waals surface area (Å²) in [6.45, 7) is 3.22. The molecule has 0 unspecified atom stereocenters. The summed E-state index contributed by atoms with van der Waals surface area (Å²) in [5.41, 5.74) is 2.18. The van der Waals surface area contributed by atoms with E-state index in [0.29, 0.717) is 0 Å². The van der Waals surface area contributed by atoms with Crippen LogP contribution in [0.2, 0.25) is 0 Å². The van der Waals surface area contributed by atoms with Crippen LogP contribution in [0.3, 0.4) is 0 Å². The Bertz CT molecular complexity index is 560. The molecule has 0 bridgehead atoms. The molecule has 0 amide bonds. The van der Waals surface area contributed by atoms with Gasteiger partial charge in [-0.1, -0.05) is 42.5 Å². The topological polar surface area (TPSA) is 38.2 Å². The molecule has 4 heteroatoms. The SMILES string of the molecule is C(=Cc1cnc(N2CCOCC2)nc1)c1ccccc1. The molecule has 102 valence electrons. The highest BCUT2D eigenvalue weighted by molar-refractivity contribution is 5.68. The summed E-state index contributed by atoms with van der Waals surface area (Å²) in [5, 5.41) is 0. The van der Waals surface area contributed by atoms with E-state index in [1.807, 2.05) is 36.7 Å². The lowest BCUT2D eigenvalue weighted by molar-refractivity contribution is 0.122. The summed E-state index contributed by atoms with van der Waals surface area (Å²) in [6, 6.07) is 10.2. The molecule has 1 saturated heterocycles. The molecule has 1 fully saturated rings. The average molecular weight is 267 g/mol. The Balaban J connectivity index is 1.68. The van der Waals surface area contributed by atoms with Gasteiger partial charge >= 0.3 is 0 Å². The van der Waals surface area contributed by atoms with Gasteiger partial charge in [0.25, 0.3) is 0 Å². The number of ether oxygens (including phenoxy) is 1. The van der Waals surface area contributed by atoms with Gasteiger partial charge in [-0.25, -0.2) is 9.97 Å². The molecule has 20 heavy (non-hydrogen) atoms. The van der Waals surface area contributed by atoms with Crippen molar-refractivity contribution in [3.63, 3.8) is 0 Å². The van der Waals surface area contributed by atoms with Crippen LogP contribution >= 0.6 is 0 Å². The number of anilines is 1. The van der Waals surface area contributed by atoms with Crippen molar-refractivity contribution >= 4 is 18.1 Å². The second-order valence-corrected chi connectivity index (χ2v) is 4.66. The third-order valence-electron chi connectivity index (χ3n) is 3.22. The lowest BCUT2D eigenvalue weighted by atomic mass is 10.2. The number of hydrogen-bond donors (Lipinski definition) is 0. The summed E-state index contributed by atoms with van der Waals surface area (Å²) < 4.78 is 5.32. The van der Waals surface area contributed by atoms with Crippen molar-refractivity contribution in [2.45, 2.75) is 0 Å². The van der Waals surface area contributed by atoms with Gasteiger partial charge < -0.3 is 9.64 Å². The van der Waals surface area contributed by atoms with E-state index in [2.05, 4.69) is 33.1 Å². The van der Waals surface area contributed by atoms with Gasteiger partial charge in [0.2, 0.25) is 5.95 Å². The highest BCUT2D eigenvalue weighted by Crippen LogP contribution is 2.11. The highest BCUT2D eigenvalue weighted by atomic mass is 16.5. The Morgan fingerprint density at radius 2 is 1.55 bits per heavy atom. The third kappa shape index (κ3) is 3.22. The van der Waals surface area contributed by atoms with Crippen LogP contribution in [0.1, 0.15) is 11.1 Å².